The van der Waals surface area contributed by atoms with Crippen LogP contribution in [0.5, 0.6) is 0 Å². The van der Waals surface area contributed by atoms with E-state index in [1.165, 1.54) is 10.9 Å². The van der Waals surface area contributed by atoms with Crippen LogP contribution in [0.1, 0.15) is 20.8 Å². The van der Waals surface area contributed by atoms with Crippen molar-refractivity contribution >= 4 is 27.2 Å². The van der Waals surface area contributed by atoms with E-state index in [4.69, 9.17) is 0 Å². The molecule has 1 heterocycles. The largest absolute Gasteiger partial charge is 0.524 e. The molecular weight excluding hydrogens is 501 g/mol. The zero-order valence-electron chi connectivity index (χ0n) is 16.8. The van der Waals surface area contributed by atoms with Crippen molar-refractivity contribution in [1.82, 2.24) is 4.98 Å². The maximum Gasteiger partial charge on any atom is 0.524 e. The maximum absolute atomic E-state index is 13.1. The Kier molecular flexibility index (Phi) is 7.69. The maximum atomic E-state index is 13.1. The predicted molar refractivity (Wildman–Crippen MR) is 95.4 cm³/mol. The number of aromatic amines is 1. The van der Waals surface area contributed by atoms with Crippen LogP contribution in [0.25, 0.3) is 10.9 Å². The van der Waals surface area contributed by atoms with Gasteiger partial charge in [-0.05, 0) is 38.3 Å². The smallest absolute Gasteiger partial charge is 0.428 e. The number of carbonyl (C=O) groups excluding carboxylic acids is 1. The Bertz CT molecular complexity index is 1040. The van der Waals surface area contributed by atoms with Crippen LogP contribution in [-0.2, 0) is 19.0 Å². The fourth-order valence-corrected chi connectivity index (χ4v) is 2.68. The molecule has 0 bridgehead atoms. The van der Waals surface area contributed by atoms with Crippen molar-refractivity contribution in [2.24, 2.45) is 0 Å². The number of ether oxygens (including phenoxy) is 1. The molecular formula is C17H16F9NO5S. The number of rotatable bonds is 4. The van der Waals surface area contributed by atoms with Gasteiger partial charge in [0.15, 0.2) is 0 Å². The van der Waals surface area contributed by atoms with Gasteiger partial charge in [0.1, 0.15) is 5.60 Å². The van der Waals surface area contributed by atoms with E-state index in [1.54, 1.807) is 0 Å². The summed E-state index contributed by atoms with van der Waals surface area (Å²) in [5.41, 5.74) is -0.377. The molecule has 0 unspecified atom stereocenters. The predicted octanol–water partition coefficient (Wildman–Crippen LogP) is 5.86. The van der Waals surface area contributed by atoms with E-state index < -0.39 is 45.2 Å². The summed E-state index contributed by atoms with van der Waals surface area (Å²) < 4.78 is 141. The average molecular weight is 517 g/mol. The summed E-state index contributed by atoms with van der Waals surface area (Å²) in [4.78, 5) is 14.0. The van der Waals surface area contributed by atoms with Gasteiger partial charge in [0.05, 0.1) is 0 Å². The van der Waals surface area contributed by atoms with E-state index in [-0.39, 0.29) is 0 Å². The molecule has 16 heteroatoms. The quantitative estimate of drug-likeness (QED) is 0.312. The van der Waals surface area contributed by atoms with Crippen LogP contribution in [0.15, 0.2) is 36.5 Å². The Morgan fingerprint density at radius 3 is 1.82 bits per heavy atom. The van der Waals surface area contributed by atoms with Crippen molar-refractivity contribution in [3.8, 4) is 0 Å². The normalized spacial score (nSPS) is 13.8. The van der Waals surface area contributed by atoms with Gasteiger partial charge in [-0.1, -0.05) is 18.2 Å². The summed E-state index contributed by atoms with van der Waals surface area (Å²) >= 11 is 0. The highest BCUT2D eigenvalue weighted by Gasteiger charge is 2.86. The van der Waals surface area contributed by atoms with Gasteiger partial charge < -0.3 is 13.9 Å². The molecule has 0 fully saturated rings. The molecule has 0 saturated carbocycles. The minimum atomic E-state index is -7.49. The molecule has 6 nitrogen and oxygen atoms in total. The summed E-state index contributed by atoms with van der Waals surface area (Å²) in [6.07, 6.45) is -7.81. The summed E-state index contributed by atoms with van der Waals surface area (Å²) in [6.45, 7) is 3.14. The molecule has 1 aromatic heterocycles. The van der Waals surface area contributed by atoms with E-state index in [2.05, 4.69) is 32.1 Å². The number of para-hydroxylation sites is 1. The zero-order valence-corrected chi connectivity index (χ0v) is 17.6. The summed E-state index contributed by atoms with van der Waals surface area (Å²) in [6, 6.07) is 10.3. The van der Waals surface area contributed by atoms with Crippen LogP contribution < -0.4 is 0 Å². The Morgan fingerprint density at radius 1 is 0.848 bits per heavy atom. The van der Waals surface area contributed by atoms with Gasteiger partial charge in [-0.15, -0.1) is 0 Å². The minimum Gasteiger partial charge on any atom is -0.428 e. The van der Waals surface area contributed by atoms with Gasteiger partial charge in [-0.2, -0.15) is 47.9 Å². The lowest BCUT2D eigenvalue weighted by Crippen LogP contribution is -2.63. The van der Waals surface area contributed by atoms with Crippen molar-refractivity contribution < 1.29 is 61.6 Å². The molecule has 33 heavy (non-hydrogen) atoms. The first-order valence-electron chi connectivity index (χ1n) is 8.46. The highest BCUT2D eigenvalue weighted by Crippen LogP contribution is 2.55. The van der Waals surface area contributed by atoms with Gasteiger partial charge in [-0.3, -0.25) is 0 Å². The molecule has 0 spiro atoms. The monoisotopic (exact) mass is 517 g/mol. The number of hydrogen-bond acceptors (Lipinski definition) is 5. The van der Waals surface area contributed by atoms with Crippen LogP contribution in [0.4, 0.5) is 44.3 Å². The second-order valence-electron chi connectivity index (χ2n) is 7.23. The first-order valence-corrected chi connectivity index (χ1v) is 9.87. The van der Waals surface area contributed by atoms with E-state index in [9.17, 15) is 52.7 Å². The van der Waals surface area contributed by atoms with Crippen molar-refractivity contribution in [2.75, 3.05) is 0 Å². The number of H-pyrrole nitrogens is 1. The zero-order chi connectivity index (χ0) is 26.1. The standard InChI is InChI=1S/C9H9F9O5S.C8H7N/c1-5(2,3)22-4(19)23-24(20,21)9(17,18)7(12,13)6(10,11)8(14,15)16;1-2-4-8-7(3-1)5-6-9-8/h1-3H3;1-6,9H. The van der Waals surface area contributed by atoms with E-state index in [0.717, 1.165) is 20.8 Å². The van der Waals surface area contributed by atoms with Crippen molar-refractivity contribution in [3.05, 3.63) is 36.5 Å². The number of aromatic nitrogens is 1. The second kappa shape index (κ2) is 8.95. The number of fused-ring (bicyclic) bond motifs is 1. The molecule has 2 rings (SSSR count). The minimum absolute atomic E-state index is 1.05. The van der Waals surface area contributed by atoms with E-state index in [0.29, 0.717) is 0 Å². The molecule has 188 valence electrons. The molecule has 0 amide bonds. The lowest BCUT2D eigenvalue weighted by Gasteiger charge is -2.32. The summed E-state index contributed by atoms with van der Waals surface area (Å²) in [5, 5.41) is -5.84. The van der Waals surface area contributed by atoms with Crippen LogP contribution in [0.3, 0.4) is 0 Å². The number of hydrogen-bond donors (Lipinski definition) is 1. The Morgan fingerprint density at radius 2 is 1.36 bits per heavy atom. The molecule has 0 aliphatic carbocycles. The van der Waals surface area contributed by atoms with Gasteiger partial charge >= 0.3 is 39.5 Å². The lowest BCUT2D eigenvalue weighted by atomic mass is 10.1. The van der Waals surface area contributed by atoms with Crippen molar-refractivity contribution in [1.29, 1.82) is 0 Å². The third-order valence-electron chi connectivity index (χ3n) is 3.46. The average Bonchev–Trinajstić information content (AvgIpc) is 3.07. The van der Waals surface area contributed by atoms with Crippen LogP contribution in [0.2, 0.25) is 0 Å². The highest BCUT2D eigenvalue weighted by atomic mass is 32.2. The molecule has 1 N–H and O–H groups in total. The Balaban J connectivity index is 0.000000490. The van der Waals surface area contributed by atoms with Crippen molar-refractivity contribution in [3.63, 3.8) is 0 Å². The Hall–Kier alpha value is -2.65. The van der Waals surface area contributed by atoms with Crippen LogP contribution >= 0.6 is 0 Å². The first kappa shape index (κ1) is 28.4. The summed E-state index contributed by atoms with van der Waals surface area (Å²) in [5.74, 6) is -14.9. The Labute approximate surface area is 180 Å². The first-order chi connectivity index (χ1) is 14.6. The number of nitrogens with one attached hydrogen (secondary N) is 1. The molecule has 0 atom stereocenters. The van der Waals surface area contributed by atoms with Gasteiger partial charge in [-0.25, -0.2) is 4.79 Å². The van der Waals surface area contributed by atoms with E-state index in [1.807, 2.05) is 18.3 Å². The molecule has 0 radical (unpaired) electrons. The third kappa shape index (κ3) is 6.03. The number of halogens is 9. The molecule has 0 saturated heterocycles. The molecule has 0 aliphatic heterocycles. The number of carbonyl (C=O) groups is 1. The second-order valence-corrected chi connectivity index (χ2v) is 8.82. The van der Waals surface area contributed by atoms with Crippen molar-refractivity contribution in [2.45, 2.75) is 49.6 Å². The fourth-order valence-electron chi connectivity index (χ4n) is 1.92. The highest BCUT2D eigenvalue weighted by molar-refractivity contribution is 7.88. The van der Waals surface area contributed by atoms with Crippen LogP contribution in [-0.4, -0.2) is 48.4 Å². The molecule has 0 aliphatic rings. The van der Waals surface area contributed by atoms with Gasteiger partial charge in [0.25, 0.3) is 0 Å². The van der Waals surface area contributed by atoms with Crippen LogP contribution in [0, 0.1) is 0 Å². The summed E-state index contributed by atoms with van der Waals surface area (Å²) in [7, 11) is -7.27. The lowest BCUT2D eigenvalue weighted by molar-refractivity contribution is -0.382. The number of alkyl halides is 9. The molecule has 1 aromatic carbocycles. The fraction of sp³-hybridized carbons (Fsp3) is 0.471. The van der Waals surface area contributed by atoms with E-state index >= 15 is 0 Å². The van der Waals surface area contributed by atoms with Gasteiger partial charge in [0, 0.05) is 11.7 Å². The van der Waals surface area contributed by atoms with Gasteiger partial charge in [0.2, 0.25) is 0 Å². The number of benzene rings is 1. The molecule has 2 aromatic rings. The SMILES string of the molecule is CC(C)(C)OC(=O)OS(=O)(=O)C(F)(F)C(F)(F)C(F)(F)C(F)(F)F.c1ccc2[nH]ccc2c1. The third-order valence-corrected chi connectivity index (χ3v) is 4.70. The topological polar surface area (TPSA) is 85.5 Å².